The molecule has 31 heavy (non-hydrogen) atoms. The van der Waals surface area contributed by atoms with Crippen molar-refractivity contribution < 1.29 is 0 Å². The fraction of sp³-hybridized carbons (Fsp3) is 0.148. The lowest BCUT2D eigenvalue weighted by atomic mass is 9.96. The summed E-state index contributed by atoms with van der Waals surface area (Å²) in [7, 11) is 2.19. The van der Waals surface area contributed by atoms with Gasteiger partial charge < -0.3 is 4.90 Å². The molecule has 1 N–H and O–H groups in total. The zero-order chi connectivity index (χ0) is 21.0. The largest absolute Gasteiger partial charge is 0.369 e. The van der Waals surface area contributed by atoms with Crippen LogP contribution in [0.1, 0.15) is 29.5 Å². The van der Waals surface area contributed by atoms with Gasteiger partial charge in [0.2, 0.25) is 0 Å². The Bertz CT molecular complexity index is 1290. The molecule has 0 radical (unpaired) electrons. The molecule has 0 amide bonds. The summed E-state index contributed by atoms with van der Waals surface area (Å²) >= 11 is 0. The van der Waals surface area contributed by atoms with E-state index in [9.17, 15) is 5.26 Å². The van der Waals surface area contributed by atoms with Crippen molar-refractivity contribution >= 4 is 11.4 Å². The topological polar surface area (TPSA) is 42.3 Å². The number of allylic oxidation sites excluding steroid dienone is 1. The van der Waals surface area contributed by atoms with Gasteiger partial charge in [-0.25, -0.2) is 0 Å². The van der Waals surface area contributed by atoms with Crippen LogP contribution in [0.5, 0.6) is 0 Å². The number of anilines is 1. The fourth-order valence-corrected chi connectivity index (χ4v) is 4.80. The number of nitrogens with zero attached hydrogens (tertiary/aromatic N) is 3. The first-order valence-electron chi connectivity index (χ1n) is 10.6. The minimum atomic E-state index is 0.0716. The summed E-state index contributed by atoms with van der Waals surface area (Å²) in [6.45, 7) is 0. The van der Waals surface area contributed by atoms with E-state index in [0.29, 0.717) is 5.56 Å². The first-order valence-corrected chi connectivity index (χ1v) is 10.6. The van der Waals surface area contributed by atoms with Crippen LogP contribution in [0.3, 0.4) is 0 Å². The van der Waals surface area contributed by atoms with Crippen LogP contribution in [-0.2, 0) is 5.54 Å². The van der Waals surface area contributed by atoms with Crippen LogP contribution in [0, 0.1) is 11.3 Å². The molecule has 2 aliphatic heterocycles. The van der Waals surface area contributed by atoms with Gasteiger partial charge in [0.05, 0.1) is 34.3 Å². The van der Waals surface area contributed by atoms with Crippen LogP contribution < -0.4 is 10.4 Å². The molecular weight excluding hydrogens is 380 g/mol. The Balaban J connectivity index is 1.49. The third-order valence-corrected chi connectivity index (χ3v) is 6.66. The number of fused-ring (bicyclic) bond motifs is 4. The highest BCUT2D eigenvalue weighted by molar-refractivity contribution is 5.81. The van der Waals surface area contributed by atoms with Crippen molar-refractivity contribution in [1.29, 1.82) is 5.26 Å². The van der Waals surface area contributed by atoms with Gasteiger partial charge in [0.15, 0.2) is 0 Å². The van der Waals surface area contributed by atoms with Gasteiger partial charge in [-0.2, -0.15) is 5.26 Å². The van der Waals surface area contributed by atoms with E-state index in [1.54, 1.807) is 0 Å². The Hall–Kier alpha value is -3.97. The number of rotatable bonds is 2. The molecule has 1 aliphatic carbocycles. The van der Waals surface area contributed by atoms with Crippen molar-refractivity contribution in [1.82, 2.24) is 10.3 Å². The van der Waals surface area contributed by atoms with E-state index >= 15 is 0 Å². The van der Waals surface area contributed by atoms with Gasteiger partial charge in [-0.05, 0) is 53.8 Å². The highest BCUT2D eigenvalue weighted by Crippen LogP contribution is 2.56. The van der Waals surface area contributed by atoms with Gasteiger partial charge in [0, 0.05) is 18.8 Å². The Labute approximate surface area is 182 Å². The maximum absolute atomic E-state index is 9.32. The maximum Gasteiger partial charge on any atom is 0.0991 e. The lowest BCUT2D eigenvalue weighted by molar-refractivity contribution is 0.315. The minimum absolute atomic E-state index is 0.0716. The molecule has 6 rings (SSSR count). The summed E-state index contributed by atoms with van der Waals surface area (Å²) in [5.74, 6) is 0. The molecule has 3 aromatic carbocycles. The first kappa shape index (κ1) is 17.9. The molecule has 0 saturated heterocycles. The van der Waals surface area contributed by atoms with Crippen molar-refractivity contribution in [2.75, 3.05) is 12.1 Å². The summed E-state index contributed by atoms with van der Waals surface area (Å²) in [6.07, 6.45) is 6.80. The average molecular weight is 403 g/mol. The van der Waals surface area contributed by atoms with Gasteiger partial charge in [0.25, 0.3) is 0 Å². The van der Waals surface area contributed by atoms with Crippen LogP contribution in [0.4, 0.5) is 5.69 Å². The van der Waals surface area contributed by atoms with E-state index < -0.39 is 0 Å². The Morgan fingerprint density at radius 1 is 0.903 bits per heavy atom. The van der Waals surface area contributed by atoms with Crippen molar-refractivity contribution in [2.24, 2.45) is 0 Å². The number of hydrogen-bond donors (Lipinski definition) is 1. The zero-order valence-corrected chi connectivity index (χ0v) is 17.3. The molecule has 0 bridgehead atoms. The maximum atomic E-state index is 9.32. The van der Waals surface area contributed by atoms with Gasteiger partial charge in [-0.3, -0.25) is 10.4 Å². The van der Waals surface area contributed by atoms with Gasteiger partial charge in [-0.1, -0.05) is 54.6 Å². The second kappa shape index (κ2) is 6.52. The SMILES string of the molecule is CN1C=C2C=C(c3ccccc3)NN2c2cc(-c3cccc(C#N)c3)ccc2C12CC2. The lowest BCUT2D eigenvalue weighted by Gasteiger charge is -2.28. The summed E-state index contributed by atoms with van der Waals surface area (Å²) in [5.41, 5.74) is 12.5. The number of hydrazine groups is 1. The number of nitriles is 1. The lowest BCUT2D eigenvalue weighted by Crippen LogP contribution is -2.31. The van der Waals surface area contributed by atoms with E-state index in [1.807, 2.05) is 24.3 Å². The molecule has 4 heteroatoms. The summed E-state index contributed by atoms with van der Waals surface area (Å²) in [4.78, 5) is 2.38. The van der Waals surface area contributed by atoms with Gasteiger partial charge in [-0.15, -0.1) is 0 Å². The molecular formula is C27H22N4. The summed E-state index contributed by atoms with van der Waals surface area (Å²) < 4.78 is 0. The highest BCUT2D eigenvalue weighted by atomic mass is 15.5. The normalized spacial score (nSPS) is 17.7. The van der Waals surface area contributed by atoms with Crippen molar-refractivity contribution in [3.63, 3.8) is 0 Å². The van der Waals surface area contributed by atoms with E-state index in [1.165, 1.54) is 16.8 Å². The highest BCUT2D eigenvalue weighted by Gasteiger charge is 2.51. The van der Waals surface area contributed by atoms with Gasteiger partial charge >= 0.3 is 0 Å². The fourth-order valence-electron chi connectivity index (χ4n) is 4.80. The second-order valence-corrected chi connectivity index (χ2v) is 8.49. The molecule has 0 aromatic heterocycles. The smallest absolute Gasteiger partial charge is 0.0991 e. The minimum Gasteiger partial charge on any atom is -0.369 e. The van der Waals surface area contributed by atoms with Crippen molar-refractivity contribution in [3.05, 3.63) is 107 Å². The Morgan fingerprint density at radius 3 is 2.45 bits per heavy atom. The van der Waals surface area contributed by atoms with Crippen LogP contribution in [-0.4, -0.2) is 11.9 Å². The molecule has 0 atom stereocenters. The van der Waals surface area contributed by atoms with E-state index in [0.717, 1.165) is 35.4 Å². The Morgan fingerprint density at radius 2 is 1.68 bits per heavy atom. The van der Waals surface area contributed by atoms with Crippen molar-refractivity contribution in [3.8, 4) is 17.2 Å². The molecule has 1 fully saturated rings. The monoisotopic (exact) mass is 402 g/mol. The quantitative estimate of drug-likeness (QED) is 0.626. The van der Waals surface area contributed by atoms with Crippen molar-refractivity contribution in [2.45, 2.75) is 18.4 Å². The molecule has 3 aromatic rings. The second-order valence-electron chi connectivity index (χ2n) is 8.49. The molecule has 2 heterocycles. The molecule has 1 saturated carbocycles. The van der Waals surface area contributed by atoms with Crippen LogP contribution in [0.2, 0.25) is 0 Å². The molecule has 1 spiro atoms. The summed E-state index contributed by atoms with van der Waals surface area (Å²) in [6, 6.07) is 27.2. The number of nitrogens with one attached hydrogen (secondary N) is 1. The first-order chi connectivity index (χ1) is 15.2. The standard InChI is InChI=1S/C27H22N4/c1-30-18-23-16-25(20-7-3-2-4-8-20)29-31(23)26-15-22(10-11-24(26)27(30)12-13-27)21-9-5-6-19(14-21)17-28/h2-11,14-16,18,29H,12-13H2,1H3. The third kappa shape index (κ3) is 2.74. The molecule has 150 valence electrons. The molecule has 0 unspecified atom stereocenters. The molecule has 3 aliphatic rings. The number of benzene rings is 3. The van der Waals surface area contributed by atoms with Crippen LogP contribution >= 0.6 is 0 Å². The van der Waals surface area contributed by atoms with Gasteiger partial charge in [0.1, 0.15) is 0 Å². The molecule has 4 nitrogen and oxygen atoms in total. The predicted octanol–water partition coefficient (Wildman–Crippen LogP) is 5.37. The average Bonchev–Trinajstić information content (AvgIpc) is 3.55. The van der Waals surface area contributed by atoms with Crippen LogP contribution in [0.15, 0.2) is 90.8 Å². The number of hydrogen-bond acceptors (Lipinski definition) is 4. The van der Waals surface area contributed by atoms with E-state index in [4.69, 9.17) is 0 Å². The predicted molar refractivity (Wildman–Crippen MR) is 123 cm³/mol. The third-order valence-electron chi connectivity index (χ3n) is 6.66. The zero-order valence-electron chi connectivity index (χ0n) is 17.3. The Kier molecular flexibility index (Phi) is 3.75. The van der Waals surface area contributed by atoms with E-state index in [-0.39, 0.29) is 5.54 Å². The van der Waals surface area contributed by atoms with Crippen LogP contribution in [0.25, 0.3) is 16.8 Å². The summed E-state index contributed by atoms with van der Waals surface area (Å²) in [5, 5.41) is 11.5. The van der Waals surface area contributed by atoms with E-state index in [2.05, 4.69) is 89.3 Å².